The van der Waals surface area contributed by atoms with Crippen LogP contribution in [-0.2, 0) is 10.8 Å². The summed E-state index contributed by atoms with van der Waals surface area (Å²) in [6.45, 7) is 15.5. The minimum atomic E-state index is -0.0924. The van der Waals surface area contributed by atoms with Crippen LogP contribution in [0, 0.1) is 0 Å². The zero-order valence-electron chi connectivity index (χ0n) is 13.4. The second-order valence-corrected chi connectivity index (χ2v) is 7.21. The van der Waals surface area contributed by atoms with Crippen LogP contribution >= 0.6 is 0 Å². The molecule has 2 nitrogen and oxygen atoms in total. The summed E-state index contributed by atoms with van der Waals surface area (Å²) in [4.78, 5) is 0. The van der Waals surface area contributed by atoms with Crippen molar-refractivity contribution in [3.05, 3.63) is 23.3 Å². The third kappa shape index (κ3) is 3.89. The maximum Gasteiger partial charge on any atom is 0.123 e. The van der Waals surface area contributed by atoms with Crippen LogP contribution in [0.2, 0.25) is 0 Å². The topological polar surface area (TPSA) is 29.5 Å². The van der Waals surface area contributed by atoms with Gasteiger partial charge < -0.3 is 9.84 Å². The average molecular weight is 264 g/mol. The average Bonchev–Trinajstić information content (AvgIpc) is 2.24. The van der Waals surface area contributed by atoms with E-state index in [1.807, 2.05) is 12.1 Å². The molecule has 0 fully saturated rings. The first kappa shape index (κ1) is 15.9. The number of benzene rings is 1. The van der Waals surface area contributed by atoms with E-state index in [4.69, 9.17) is 4.74 Å². The highest BCUT2D eigenvalue weighted by atomic mass is 16.5. The molecule has 108 valence electrons. The number of rotatable bonds is 3. The molecule has 1 aromatic carbocycles. The molecular weight excluding hydrogens is 236 g/mol. The molecule has 19 heavy (non-hydrogen) atoms. The van der Waals surface area contributed by atoms with Gasteiger partial charge in [-0.1, -0.05) is 48.5 Å². The van der Waals surface area contributed by atoms with Gasteiger partial charge in [-0.05, 0) is 29.4 Å². The lowest BCUT2D eigenvalue weighted by atomic mass is 9.81. The normalized spacial score (nSPS) is 12.6. The second-order valence-electron chi connectivity index (χ2n) is 7.21. The summed E-state index contributed by atoms with van der Waals surface area (Å²) in [6.07, 6.45) is 0.981. The zero-order chi connectivity index (χ0) is 14.8. The van der Waals surface area contributed by atoms with Gasteiger partial charge in [0.05, 0.1) is 6.61 Å². The van der Waals surface area contributed by atoms with Crippen molar-refractivity contribution in [2.45, 2.75) is 65.7 Å². The Hall–Kier alpha value is -1.18. The zero-order valence-corrected chi connectivity index (χ0v) is 13.4. The first-order valence-electron chi connectivity index (χ1n) is 7.08. The Morgan fingerprint density at radius 2 is 1.47 bits per heavy atom. The maximum absolute atomic E-state index is 10.3. The molecule has 2 heteroatoms. The van der Waals surface area contributed by atoms with E-state index < -0.39 is 0 Å². The smallest absolute Gasteiger partial charge is 0.123 e. The Balaban J connectivity index is 3.37. The molecule has 0 radical (unpaired) electrons. The lowest BCUT2D eigenvalue weighted by molar-refractivity contribution is 0.306. The van der Waals surface area contributed by atoms with Crippen LogP contribution in [0.1, 0.15) is 66.0 Å². The van der Waals surface area contributed by atoms with E-state index in [1.165, 1.54) is 0 Å². The SMILES string of the molecule is CCCOc1cc(C(C)(C)C)c(O)cc1C(C)(C)C. The molecule has 0 saturated heterocycles. The lowest BCUT2D eigenvalue weighted by Crippen LogP contribution is -2.17. The molecule has 0 heterocycles. The van der Waals surface area contributed by atoms with Gasteiger partial charge in [-0.15, -0.1) is 0 Å². The fourth-order valence-corrected chi connectivity index (χ4v) is 2.09. The molecule has 1 rings (SSSR count). The largest absolute Gasteiger partial charge is 0.508 e. The molecule has 0 aromatic heterocycles. The van der Waals surface area contributed by atoms with E-state index in [1.54, 1.807) is 0 Å². The number of aromatic hydroxyl groups is 1. The Kier molecular flexibility index (Phi) is 4.54. The molecule has 0 saturated carbocycles. The molecule has 0 aliphatic heterocycles. The van der Waals surface area contributed by atoms with Crippen molar-refractivity contribution in [3.8, 4) is 11.5 Å². The Labute approximate surface area is 117 Å². The van der Waals surface area contributed by atoms with E-state index >= 15 is 0 Å². The van der Waals surface area contributed by atoms with Crippen LogP contribution in [0.3, 0.4) is 0 Å². The van der Waals surface area contributed by atoms with Crippen LogP contribution in [0.15, 0.2) is 12.1 Å². The van der Waals surface area contributed by atoms with E-state index in [0.29, 0.717) is 12.4 Å². The second kappa shape index (κ2) is 5.44. The van der Waals surface area contributed by atoms with Gasteiger partial charge in [0.2, 0.25) is 0 Å². The van der Waals surface area contributed by atoms with Gasteiger partial charge in [0.15, 0.2) is 0 Å². The Morgan fingerprint density at radius 1 is 0.947 bits per heavy atom. The van der Waals surface area contributed by atoms with Crippen molar-refractivity contribution in [2.75, 3.05) is 6.61 Å². The number of phenols is 1. The van der Waals surface area contributed by atoms with E-state index in [2.05, 4.69) is 48.5 Å². The summed E-state index contributed by atoms with van der Waals surface area (Å²) in [5.41, 5.74) is 1.86. The van der Waals surface area contributed by atoms with Crippen molar-refractivity contribution >= 4 is 0 Å². The summed E-state index contributed by atoms with van der Waals surface area (Å²) in [7, 11) is 0. The van der Waals surface area contributed by atoms with E-state index in [0.717, 1.165) is 23.3 Å². The summed E-state index contributed by atoms with van der Waals surface area (Å²) in [6, 6.07) is 3.87. The highest BCUT2D eigenvalue weighted by Crippen LogP contribution is 2.40. The number of ether oxygens (including phenoxy) is 1. The van der Waals surface area contributed by atoms with Gasteiger partial charge in [0.1, 0.15) is 11.5 Å². The highest BCUT2D eigenvalue weighted by Gasteiger charge is 2.25. The first-order chi connectivity index (χ1) is 8.57. The quantitative estimate of drug-likeness (QED) is 0.851. The lowest BCUT2D eigenvalue weighted by Gasteiger charge is -2.27. The van der Waals surface area contributed by atoms with Gasteiger partial charge in [0, 0.05) is 11.1 Å². The molecule has 1 aromatic rings. The van der Waals surface area contributed by atoms with Crippen LogP contribution < -0.4 is 4.74 Å². The molecule has 0 spiro atoms. The molecule has 0 atom stereocenters. The van der Waals surface area contributed by atoms with Gasteiger partial charge in [0.25, 0.3) is 0 Å². The predicted molar refractivity (Wildman–Crippen MR) is 81.3 cm³/mol. The predicted octanol–water partition coefficient (Wildman–Crippen LogP) is 4.78. The molecule has 0 amide bonds. The Morgan fingerprint density at radius 3 is 1.89 bits per heavy atom. The van der Waals surface area contributed by atoms with Crippen molar-refractivity contribution in [1.82, 2.24) is 0 Å². The number of hydrogen-bond acceptors (Lipinski definition) is 2. The first-order valence-corrected chi connectivity index (χ1v) is 7.08. The van der Waals surface area contributed by atoms with E-state index in [9.17, 15) is 5.11 Å². The van der Waals surface area contributed by atoms with E-state index in [-0.39, 0.29) is 10.8 Å². The molecule has 0 aliphatic rings. The van der Waals surface area contributed by atoms with Crippen LogP contribution in [0.4, 0.5) is 0 Å². The summed E-state index contributed by atoms with van der Waals surface area (Å²) in [5.74, 6) is 1.26. The maximum atomic E-state index is 10.3. The summed E-state index contributed by atoms with van der Waals surface area (Å²) >= 11 is 0. The molecule has 1 N–H and O–H groups in total. The third-order valence-electron chi connectivity index (χ3n) is 3.18. The van der Waals surface area contributed by atoms with Gasteiger partial charge >= 0.3 is 0 Å². The van der Waals surface area contributed by atoms with Gasteiger partial charge in [-0.2, -0.15) is 0 Å². The number of hydrogen-bond donors (Lipinski definition) is 1. The van der Waals surface area contributed by atoms with Crippen LogP contribution in [0.25, 0.3) is 0 Å². The minimum Gasteiger partial charge on any atom is -0.508 e. The highest BCUT2D eigenvalue weighted by molar-refractivity contribution is 5.51. The van der Waals surface area contributed by atoms with Crippen molar-refractivity contribution in [2.24, 2.45) is 0 Å². The summed E-state index contributed by atoms with van der Waals surface area (Å²) in [5, 5.41) is 10.3. The van der Waals surface area contributed by atoms with Crippen molar-refractivity contribution < 1.29 is 9.84 Å². The van der Waals surface area contributed by atoms with Crippen LogP contribution in [0.5, 0.6) is 11.5 Å². The van der Waals surface area contributed by atoms with Crippen LogP contribution in [-0.4, -0.2) is 11.7 Å². The standard InChI is InChI=1S/C17H28O2/c1-8-9-19-15-11-12(16(2,3)4)14(18)10-13(15)17(5,6)7/h10-11,18H,8-9H2,1-7H3. The monoisotopic (exact) mass is 264 g/mol. The van der Waals surface area contributed by atoms with Gasteiger partial charge in [-0.3, -0.25) is 0 Å². The molecular formula is C17H28O2. The van der Waals surface area contributed by atoms with Crippen molar-refractivity contribution in [3.63, 3.8) is 0 Å². The van der Waals surface area contributed by atoms with Crippen molar-refractivity contribution in [1.29, 1.82) is 0 Å². The minimum absolute atomic E-state index is 0.0447. The Bertz CT molecular complexity index is 434. The fraction of sp³-hybridized carbons (Fsp3) is 0.647. The molecule has 0 unspecified atom stereocenters. The third-order valence-corrected chi connectivity index (χ3v) is 3.18. The fourth-order valence-electron chi connectivity index (χ4n) is 2.09. The summed E-state index contributed by atoms with van der Waals surface area (Å²) < 4.78 is 5.89. The van der Waals surface area contributed by atoms with Gasteiger partial charge in [-0.25, -0.2) is 0 Å². The molecule has 0 bridgehead atoms. The molecule has 0 aliphatic carbocycles. The number of phenolic OH excluding ortho intramolecular Hbond substituents is 1.